The highest BCUT2D eigenvalue weighted by Crippen LogP contribution is 2.22. The van der Waals surface area contributed by atoms with Crippen molar-refractivity contribution >= 4 is 40.3 Å². The monoisotopic (exact) mass is 479 g/mol. The summed E-state index contributed by atoms with van der Waals surface area (Å²) in [5, 5.41) is 6.63. The van der Waals surface area contributed by atoms with Gasteiger partial charge < -0.3 is 15.5 Å². The quantitative estimate of drug-likeness (QED) is 0.623. The second kappa shape index (κ2) is 9.34. The molecule has 1 aromatic carbocycles. The van der Waals surface area contributed by atoms with Crippen LogP contribution in [0.15, 0.2) is 36.5 Å². The first-order valence-electron chi connectivity index (χ1n) is 9.31. The van der Waals surface area contributed by atoms with Crippen molar-refractivity contribution in [1.82, 2.24) is 15.3 Å². The van der Waals surface area contributed by atoms with Gasteiger partial charge in [-0.3, -0.25) is 4.79 Å². The highest BCUT2D eigenvalue weighted by molar-refractivity contribution is 14.1. The third-order valence-corrected chi connectivity index (χ3v) is 5.89. The molecule has 27 heavy (non-hydrogen) atoms. The first kappa shape index (κ1) is 19.9. The number of nitrogens with one attached hydrogen (secondary N) is 2. The molecule has 0 unspecified atom stereocenters. The third kappa shape index (κ3) is 5.79. The minimum Gasteiger partial charge on any atom is -0.363 e. The summed E-state index contributed by atoms with van der Waals surface area (Å²) in [5.74, 6) is 1.67. The van der Waals surface area contributed by atoms with Gasteiger partial charge in [0, 0.05) is 35.9 Å². The fraction of sp³-hybridized carbons (Fsp3) is 0.450. The molecule has 2 aromatic rings. The van der Waals surface area contributed by atoms with Gasteiger partial charge in [0.15, 0.2) is 0 Å². The molecule has 0 saturated heterocycles. The van der Waals surface area contributed by atoms with E-state index in [0.29, 0.717) is 18.4 Å². The Hall–Kier alpha value is -1.90. The largest absolute Gasteiger partial charge is 0.363 e. The maximum atomic E-state index is 12.4. The molecule has 1 heterocycles. The number of benzene rings is 1. The second-order valence-corrected chi connectivity index (χ2v) is 8.32. The summed E-state index contributed by atoms with van der Waals surface area (Å²) in [4.78, 5) is 23.2. The van der Waals surface area contributed by atoms with E-state index in [1.165, 1.54) is 0 Å². The summed E-state index contributed by atoms with van der Waals surface area (Å²) in [7, 11) is 3.94. The zero-order chi connectivity index (χ0) is 19.2. The van der Waals surface area contributed by atoms with Gasteiger partial charge in [-0.1, -0.05) is 18.2 Å². The van der Waals surface area contributed by atoms with Crippen LogP contribution in [0.25, 0.3) is 0 Å². The fourth-order valence-corrected chi connectivity index (χ4v) is 3.90. The van der Waals surface area contributed by atoms with Crippen LogP contribution in [-0.2, 0) is 11.2 Å². The third-order valence-electron chi connectivity index (χ3n) is 4.83. The topological polar surface area (TPSA) is 70.2 Å². The summed E-state index contributed by atoms with van der Waals surface area (Å²) < 4.78 is 1.14. The number of halogens is 1. The zero-order valence-corrected chi connectivity index (χ0v) is 17.9. The summed E-state index contributed by atoms with van der Waals surface area (Å²) in [6.07, 6.45) is 6.18. The number of carbonyl (C=O) groups excluding carboxylic acids is 1. The highest BCUT2D eigenvalue weighted by Gasteiger charge is 2.23. The van der Waals surface area contributed by atoms with Crippen molar-refractivity contribution in [3.8, 4) is 0 Å². The van der Waals surface area contributed by atoms with Crippen LogP contribution >= 0.6 is 22.6 Å². The molecular weight excluding hydrogens is 453 g/mol. The van der Waals surface area contributed by atoms with E-state index in [1.807, 2.05) is 49.3 Å². The predicted octanol–water partition coefficient (Wildman–Crippen LogP) is 3.23. The SMILES string of the molecule is CN(C)c1ccnc(N[C@H]2CC[C@@H](NC(=O)Cc3ccccc3I)CC2)n1. The van der Waals surface area contributed by atoms with Crippen molar-refractivity contribution in [2.45, 2.75) is 44.2 Å². The number of hydrogen-bond donors (Lipinski definition) is 2. The van der Waals surface area contributed by atoms with Gasteiger partial charge in [0.05, 0.1) is 6.42 Å². The normalized spacial score (nSPS) is 19.4. The van der Waals surface area contributed by atoms with E-state index in [-0.39, 0.29) is 11.9 Å². The Morgan fingerprint density at radius 3 is 2.56 bits per heavy atom. The predicted molar refractivity (Wildman–Crippen MR) is 117 cm³/mol. The number of anilines is 2. The first-order chi connectivity index (χ1) is 13.0. The summed E-state index contributed by atoms with van der Waals surface area (Å²) in [6, 6.07) is 10.5. The summed E-state index contributed by atoms with van der Waals surface area (Å²) in [5.41, 5.74) is 1.09. The average molecular weight is 479 g/mol. The van der Waals surface area contributed by atoms with Crippen LogP contribution in [-0.4, -0.2) is 42.1 Å². The van der Waals surface area contributed by atoms with Crippen LogP contribution in [0.4, 0.5) is 11.8 Å². The highest BCUT2D eigenvalue weighted by atomic mass is 127. The lowest BCUT2D eigenvalue weighted by atomic mass is 9.91. The van der Waals surface area contributed by atoms with Crippen LogP contribution in [0, 0.1) is 3.57 Å². The molecule has 1 fully saturated rings. The Bertz CT molecular complexity index is 774. The van der Waals surface area contributed by atoms with Gasteiger partial charge in [-0.2, -0.15) is 4.98 Å². The Balaban J connectivity index is 1.45. The Morgan fingerprint density at radius 1 is 1.15 bits per heavy atom. The van der Waals surface area contributed by atoms with Gasteiger partial charge in [0.2, 0.25) is 11.9 Å². The van der Waals surface area contributed by atoms with E-state index >= 15 is 0 Å². The van der Waals surface area contributed by atoms with Crippen molar-refractivity contribution in [2.75, 3.05) is 24.3 Å². The van der Waals surface area contributed by atoms with E-state index < -0.39 is 0 Å². The second-order valence-electron chi connectivity index (χ2n) is 7.16. The average Bonchev–Trinajstić information content (AvgIpc) is 2.65. The molecule has 1 aliphatic carbocycles. The zero-order valence-electron chi connectivity index (χ0n) is 15.8. The molecule has 1 aliphatic rings. The van der Waals surface area contributed by atoms with Gasteiger partial charge in [-0.25, -0.2) is 4.98 Å². The molecule has 0 aliphatic heterocycles. The molecule has 2 N–H and O–H groups in total. The van der Waals surface area contributed by atoms with Crippen LogP contribution in [0.3, 0.4) is 0 Å². The van der Waals surface area contributed by atoms with Crippen molar-refractivity contribution < 1.29 is 4.79 Å². The molecule has 144 valence electrons. The van der Waals surface area contributed by atoms with Crippen LogP contribution < -0.4 is 15.5 Å². The maximum absolute atomic E-state index is 12.4. The van der Waals surface area contributed by atoms with Crippen LogP contribution in [0.1, 0.15) is 31.2 Å². The van der Waals surface area contributed by atoms with E-state index in [0.717, 1.165) is 40.6 Å². The van der Waals surface area contributed by atoms with E-state index in [9.17, 15) is 4.79 Å². The molecule has 1 amide bonds. The lowest BCUT2D eigenvalue weighted by molar-refractivity contribution is -0.121. The molecule has 0 atom stereocenters. The Kier molecular flexibility index (Phi) is 6.87. The molecule has 1 saturated carbocycles. The molecule has 3 rings (SSSR count). The Morgan fingerprint density at radius 2 is 1.85 bits per heavy atom. The maximum Gasteiger partial charge on any atom is 0.224 e. The van der Waals surface area contributed by atoms with Gasteiger partial charge in [0.1, 0.15) is 5.82 Å². The van der Waals surface area contributed by atoms with Crippen molar-refractivity contribution in [1.29, 1.82) is 0 Å². The van der Waals surface area contributed by atoms with Crippen LogP contribution in [0.2, 0.25) is 0 Å². The molecule has 6 nitrogen and oxygen atoms in total. The molecule has 1 aromatic heterocycles. The number of aromatic nitrogens is 2. The Labute approximate surface area is 174 Å². The van der Waals surface area contributed by atoms with E-state index in [4.69, 9.17) is 0 Å². The van der Waals surface area contributed by atoms with Crippen molar-refractivity contribution in [2.24, 2.45) is 0 Å². The van der Waals surface area contributed by atoms with Crippen molar-refractivity contribution in [3.05, 3.63) is 45.7 Å². The molecule has 7 heteroatoms. The minimum absolute atomic E-state index is 0.109. The number of amides is 1. The fourth-order valence-electron chi connectivity index (χ4n) is 3.33. The lowest BCUT2D eigenvalue weighted by Gasteiger charge is -2.29. The molecule has 0 radical (unpaired) electrons. The number of nitrogens with zero attached hydrogens (tertiary/aromatic N) is 3. The van der Waals surface area contributed by atoms with Crippen molar-refractivity contribution in [3.63, 3.8) is 0 Å². The minimum atomic E-state index is 0.109. The smallest absolute Gasteiger partial charge is 0.224 e. The standard InChI is InChI=1S/C20H26IN5O/c1-26(2)18-11-12-22-20(25-18)24-16-9-7-15(8-10-16)23-19(27)13-14-5-3-4-6-17(14)21/h3-6,11-12,15-16H,7-10,13H2,1-2H3,(H,23,27)(H,22,24,25)/t15-,16+. The number of rotatable bonds is 6. The van der Waals surface area contributed by atoms with E-state index in [1.54, 1.807) is 6.20 Å². The molecule has 0 spiro atoms. The first-order valence-corrected chi connectivity index (χ1v) is 10.4. The van der Waals surface area contributed by atoms with Gasteiger partial charge in [-0.05, 0) is 66.0 Å². The molecule has 0 bridgehead atoms. The van der Waals surface area contributed by atoms with Gasteiger partial charge >= 0.3 is 0 Å². The van der Waals surface area contributed by atoms with E-state index in [2.05, 4.69) is 43.2 Å². The summed E-state index contributed by atoms with van der Waals surface area (Å²) >= 11 is 2.28. The number of hydrogen-bond acceptors (Lipinski definition) is 5. The lowest BCUT2D eigenvalue weighted by Crippen LogP contribution is -2.41. The van der Waals surface area contributed by atoms with Gasteiger partial charge in [0.25, 0.3) is 0 Å². The van der Waals surface area contributed by atoms with Crippen LogP contribution in [0.5, 0.6) is 0 Å². The molecular formula is C20H26IN5O. The number of carbonyl (C=O) groups is 1. The summed E-state index contributed by atoms with van der Waals surface area (Å²) in [6.45, 7) is 0. The van der Waals surface area contributed by atoms with Gasteiger partial charge in [-0.15, -0.1) is 0 Å².